The van der Waals surface area contributed by atoms with E-state index in [0.29, 0.717) is 28.3 Å². The maximum atomic E-state index is 12.8. The third kappa shape index (κ3) is 5.77. The van der Waals surface area contributed by atoms with Gasteiger partial charge >= 0.3 is 0 Å². The van der Waals surface area contributed by atoms with Gasteiger partial charge < -0.3 is 15.4 Å². The van der Waals surface area contributed by atoms with E-state index in [2.05, 4.69) is 20.8 Å². The minimum absolute atomic E-state index is 0.175. The summed E-state index contributed by atoms with van der Waals surface area (Å²) in [5.41, 5.74) is 0.558. The average Bonchev–Trinajstić information content (AvgIpc) is 2.97. The molecule has 0 unspecified atom stereocenters. The molecule has 0 aliphatic heterocycles. The summed E-state index contributed by atoms with van der Waals surface area (Å²) in [6, 6.07) is 5.65. The molecule has 1 aromatic heterocycles. The number of hydrogen-bond donors (Lipinski definition) is 2. The summed E-state index contributed by atoms with van der Waals surface area (Å²) in [6.07, 6.45) is 0. The first-order chi connectivity index (χ1) is 11.1. The van der Waals surface area contributed by atoms with E-state index in [1.54, 1.807) is 14.0 Å². The Kier molecular flexibility index (Phi) is 6.75. The normalized spacial score (nSPS) is 12.0. The molecule has 2 rings (SSSR count). The predicted molar refractivity (Wildman–Crippen MR) is 90.6 cm³/mol. The van der Waals surface area contributed by atoms with E-state index in [1.807, 2.05) is 0 Å². The fraction of sp³-hybridized carbons (Fsp3) is 0.357. The molecule has 1 aromatic carbocycles. The predicted octanol–water partition coefficient (Wildman–Crippen LogP) is 2.85. The molecule has 0 saturated carbocycles. The standard InChI is InChI=1S/C14H17FN4O2S2/c1-9(12(20)17-11-5-3-10(15)4-6-11)22-14-19-18-13(23-14)16-7-8-21-2/h3-6,9H,7-8H2,1-2H3,(H,16,18)(H,17,20)/t9-/m0/s1. The number of aromatic nitrogens is 2. The van der Waals surface area contributed by atoms with E-state index in [-0.39, 0.29) is 17.0 Å². The van der Waals surface area contributed by atoms with Gasteiger partial charge in [0.1, 0.15) is 5.82 Å². The number of carbonyl (C=O) groups excluding carboxylic acids is 1. The number of halogens is 1. The molecule has 1 atom stereocenters. The first-order valence-electron chi connectivity index (χ1n) is 6.88. The van der Waals surface area contributed by atoms with Gasteiger partial charge in [0.05, 0.1) is 11.9 Å². The van der Waals surface area contributed by atoms with Crippen LogP contribution >= 0.6 is 23.1 Å². The van der Waals surface area contributed by atoms with Crippen molar-refractivity contribution in [3.63, 3.8) is 0 Å². The Labute approximate surface area is 141 Å². The molecular formula is C14H17FN4O2S2. The molecule has 2 N–H and O–H groups in total. The molecule has 0 fully saturated rings. The lowest BCUT2D eigenvalue weighted by Crippen LogP contribution is -2.22. The van der Waals surface area contributed by atoms with E-state index >= 15 is 0 Å². The van der Waals surface area contributed by atoms with Crippen LogP contribution in [0.3, 0.4) is 0 Å². The number of anilines is 2. The van der Waals surface area contributed by atoms with Gasteiger partial charge in [0.25, 0.3) is 0 Å². The van der Waals surface area contributed by atoms with Crippen LogP contribution in [0.1, 0.15) is 6.92 Å². The highest BCUT2D eigenvalue weighted by Crippen LogP contribution is 2.29. The topological polar surface area (TPSA) is 76.1 Å². The van der Waals surface area contributed by atoms with Crippen LogP contribution in [0.25, 0.3) is 0 Å². The third-order valence-electron chi connectivity index (χ3n) is 2.75. The number of thioether (sulfide) groups is 1. The van der Waals surface area contributed by atoms with Gasteiger partial charge in [0.15, 0.2) is 4.34 Å². The molecule has 1 amide bonds. The number of ether oxygens (including phenoxy) is 1. The minimum atomic E-state index is -0.347. The fourth-order valence-corrected chi connectivity index (χ4v) is 3.49. The molecule has 0 aliphatic rings. The summed E-state index contributed by atoms with van der Waals surface area (Å²) in [5.74, 6) is -0.515. The molecule has 9 heteroatoms. The zero-order valence-corrected chi connectivity index (χ0v) is 14.3. The number of hydrogen-bond acceptors (Lipinski definition) is 7. The Morgan fingerprint density at radius 2 is 2.13 bits per heavy atom. The second kappa shape index (κ2) is 8.80. The van der Waals surface area contributed by atoms with Crippen LogP contribution in [0.2, 0.25) is 0 Å². The second-order valence-electron chi connectivity index (χ2n) is 4.55. The first kappa shape index (κ1) is 17.6. The van der Waals surface area contributed by atoms with Crippen molar-refractivity contribution in [3.05, 3.63) is 30.1 Å². The van der Waals surface area contributed by atoms with Gasteiger partial charge in [-0.1, -0.05) is 23.1 Å². The summed E-state index contributed by atoms with van der Waals surface area (Å²) in [7, 11) is 1.63. The summed E-state index contributed by atoms with van der Waals surface area (Å²) < 4.78 is 18.5. The highest BCUT2D eigenvalue weighted by molar-refractivity contribution is 8.02. The van der Waals surface area contributed by atoms with Gasteiger partial charge in [-0.3, -0.25) is 4.79 Å². The van der Waals surface area contributed by atoms with E-state index in [1.165, 1.54) is 47.4 Å². The van der Waals surface area contributed by atoms with Gasteiger partial charge in [-0.05, 0) is 31.2 Å². The molecule has 124 valence electrons. The number of amides is 1. The van der Waals surface area contributed by atoms with Crippen LogP contribution in [0.4, 0.5) is 15.2 Å². The largest absolute Gasteiger partial charge is 0.383 e. The van der Waals surface area contributed by atoms with E-state index in [4.69, 9.17) is 4.74 Å². The van der Waals surface area contributed by atoms with Crippen LogP contribution in [0.15, 0.2) is 28.6 Å². The van der Waals surface area contributed by atoms with Crippen LogP contribution < -0.4 is 10.6 Å². The summed E-state index contributed by atoms with van der Waals surface area (Å²) in [6.45, 7) is 3.01. The third-order valence-corrected chi connectivity index (χ3v) is 4.81. The zero-order valence-electron chi connectivity index (χ0n) is 12.7. The molecular weight excluding hydrogens is 339 g/mol. The van der Waals surface area contributed by atoms with Gasteiger partial charge in [0.2, 0.25) is 11.0 Å². The quantitative estimate of drug-likeness (QED) is 0.559. The maximum absolute atomic E-state index is 12.8. The van der Waals surface area contributed by atoms with E-state index < -0.39 is 0 Å². The number of benzene rings is 1. The molecule has 0 radical (unpaired) electrons. The van der Waals surface area contributed by atoms with Gasteiger partial charge in [-0.2, -0.15) is 0 Å². The van der Waals surface area contributed by atoms with Crippen molar-refractivity contribution in [1.82, 2.24) is 10.2 Å². The Morgan fingerprint density at radius 3 is 2.83 bits per heavy atom. The van der Waals surface area contributed by atoms with Crippen molar-refractivity contribution in [1.29, 1.82) is 0 Å². The average molecular weight is 356 g/mol. The highest BCUT2D eigenvalue weighted by Gasteiger charge is 2.17. The SMILES string of the molecule is COCCNc1nnc(S[C@@H](C)C(=O)Nc2ccc(F)cc2)s1. The monoisotopic (exact) mass is 356 g/mol. The lowest BCUT2D eigenvalue weighted by Gasteiger charge is -2.10. The van der Waals surface area contributed by atoms with Crippen LogP contribution in [0, 0.1) is 5.82 Å². The number of rotatable bonds is 8. The summed E-state index contributed by atoms with van der Waals surface area (Å²) in [5, 5.41) is 14.2. The van der Waals surface area contributed by atoms with Crippen molar-refractivity contribution in [2.45, 2.75) is 16.5 Å². The van der Waals surface area contributed by atoms with E-state index in [0.717, 1.165) is 0 Å². The van der Waals surface area contributed by atoms with Crippen molar-refractivity contribution in [2.24, 2.45) is 0 Å². The van der Waals surface area contributed by atoms with Gasteiger partial charge in [0, 0.05) is 19.3 Å². The smallest absolute Gasteiger partial charge is 0.237 e. The Balaban J connectivity index is 1.84. The molecule has 0 aliphatic carbocycles. The van der Waals surface area contributed by atoms with Gasteiger partial charge in [-0.25, -0.2) is 4.39 Å². The summed E-state index contributed by atoms with van der Waals surface area (Å²) >= 11 is 2.70. The van der Waals surface area contributed by atoms with Crippen LogP contribution in [0.5, 0.6) is 0 Å². The molecule has 1 heterocycles. The number of nitrogens with zero attached hydrogens (tertiary/aromatic N) is 2. The molecule has 6 nitrogen and oxygen atoms in total. The Morgan fingerprint density at radius 1 is 1.39 bits per heavy atom. The molecule has 0 saturated heterocycles. The Hall–Kier alpha value is -1.71. The second-order valence-corrected chi connectivity index (χ2v) is 7.11. The highest BCUT2D eigenvalue weighted by atomic mass is 32.2. The van der Waals surface area contributed by atoms with Crippen LogP contribution in [-0.2, 0) is 9.53 Å². The van der Waals surface area contributed by atoms with E-state index in [9.17, 15) is 9.18 Å². The zero-order chi connectivity index (χ0) is 16.7. The molecule has 23 heavy (non-hydrogen) atoms. The maximum Gasteiger partial charge on any atom is 0.237 e. The number of carbonyl (C=O) groups is 1. The van der Waals surface area contributed by atoms with Gasteiger partial charge in [-0.15, -0.1) is 10.2 Å². The van der Waals surface area contributed by atoms with Crippen molar-refractivity contribution < 1.29 is 13.9 Å². The van der Waals surface area contributed by atoms with Crippen molar-refractivity contribution >= 4 is 39.8 Å². The number of methoxy groups -OCH3 is 1. The molecule has 0 bridgehead atoms. The van der Waals surface area contributed by atoms with Crippen LogP contribution in [-0.4, -0.2) is 41.6 Å². The number of nitrogens with one attached hydrogen (secondary N) is 2. The molecule has 0 spiro atoms. The lowest BCUT2D eigenvalue weighted by atomic mass is 10.3. The van der Waals surface area contributed by atoms with Crippen molar-refractivity contribution in [2.75, 3.05) is 30.9 Å². The Bertz CT molecular complexity index is 636. The first-order valence-corrected chi connectivity index (χ1v) is 8.57. The minimum Gasteiger partial charge on any atom is -0.383 e. The summed E-state index contributed by atoms with van der Waals surface area (Å²) in [4.78, 5) is 12.1. The fourth-order valence-electron chi connectivity index (χ4n) is 1.57. The lowest BCUT2D eigenvalue weighted by molar-refractivity contribution is -0.115. The molecule has 2 aromatic rings. The van der Waals surface area contributed by atoms with Crippen molar-refractivity contribution in [3.8, 4) is 0 Å².